The van der Waals surface area contributed by atoms with Gasteiger partial charge >= 0.3 is 6.18 Å². The monoisotopic (exact) mass is 318 g/mol. The van der Waals surface area contributed by atoms with E-state index >= 15 is 0 Å². The van der Waals surface area contributed by atoms with Gasteiger partial charge in [0.05, 0.1) is 12.1 Å². The second kappa shape index (κ2) is 6.97. The minimum Gasteiger partial charge on any atom is -0.484 e. The van der Waals surface area contributed by atoms with Crippen molar-refractivity contribution in [3.63, 3.8) is 0 Å². The first-order chi connectivity index (χ1) is 10.3. The summed E-state index contributed by atoms with van der Waals surface area (Å²) in [5, 5.41) is 14.8. The molecule has 0 spiro atoms. The molecular weight excluding hydrogens is 301 g/mol. The summed E-state index contributed by atoms with van der Waals surface area (Å²) in [6, 6.07) is 5.73. The molecule has 2 atom stereocenters. The van der Waals surface area contributed by atoms with E-state index in [2.05, 4.69) is 10.6 Å². The Bertz CT molecular complexity index is 522. The lowest BCUT2D eigenvalue weighted by atomic mass is 10.1. The van der Waals surface area contributed by atoms with Gasteiger partial charge in [0.25, 0.3) is 0 Å². The summed E-state index contributed by atoms with van der Waals surface area (Å²) in [6.45, 7) is -0.973. The third-order valence-electron chi connectivity index (χ3n) is 3.24. The average Bonchev–Trinajstić information content (AvgIpc) is 2.89. The third kappa shape index (κ3) is 4.88. The van der Waals surface area contributed by atoms with E-state index in [1.807, 2.05) is 0 Å². The number of para-hydroxylation sites is 1. The Balaban J connectivity index is 1.91. The standard InChI is InChI=1S/C14H17F3N2O3/c15-14(16,17)8-22-12-4-2-1-3-9(12)6-19-13(21)11-5-10(20)7-18-11/h1-4,10-11,18,20H,5-8H2,(H,19,21). The van der Waals surface area contributed by atoms with Crippen molar-refractivity contribution in [1.29, 1.82) is 0 Å². The predicted molar refractivity (Wildman–Crippen MR) is 72.3 cm³/mol. The van der Waals surface area contributed by atoms with Crippen molar-refractivity contribution in [2.75, 3.05) is 13.2 Å². The van der Waals surface area contributed by atoms with Crippen molar-refractivity contribution < 1.29 is 27.8 Å². The van der Waals surface area contributed by atoms with Crippen LogP contribution in [0.25, 0.3) is 0 Å². The van der Waals surface area contributed by atoms with Gasteiger partial charge in [0.2, 0.25) is 5.91 Å². The van der Waals surface area contributed by atoms with Crippen LogP contribution in [0.4, 0.5) is 13.2 Å². The largest absolute Gasteiger partial charge is 0.484 e. The van der Waals surface area contributed by atoms with Crippen LogP contribution in [-0.4, -0.2) is 42.5 Å². The molecule has 2 unspecified atom stereocenters. The number of aliphatic hydroxyl groups excluding tert-OH is 1. The summed E-state index contributed by atoms with van der Waals surface area (Å²) < 4.78 is 41.3. The lowest BCUT2D eigenvalue weighted by Gasteiger charge is -2.15. The molecule has 0 bridgehead atoms. The van der Waals surface area contributed by atoms with Crippen molar-refractivity contribution in [3.05, 3.63) is 29.8 Å². The number of nitrogens with one attached hydrogen (secondary N) is 2. The van der Waals surface area contributed by atoms with E-state index in [1.54, 1.807) is 18.2 Å². The minimum absolute atomic E-state index is 0.0567. The highest BCUT2D eigenvalue weighted by Crippen LogP contribution is 2.22. The Kier molecular flexibility index (Phi) is 5.25. The van der Waals surface area contributed by atoms with Gasteiger partial charge in [0.15, 0.2) is 6.61 Å². The van der Waals surface area contributed by atoms with Gasteiger partial charge in [-0.25, -0.2) is 0 Å². The second-order valence-electron chi connectivity index (χ2n) is 5.08. The topological polar surface area (TPSA) is 70.6 Å². The fourth-order valence-corrected chi connectivity index (χ4v) is 2.17. The van der Waals surface area contributed by atoms with E-state index < -0.39 is 24.9 Å². The van der Waals surface area contributed by atoms with Crippen LogP contribution in [0.2, 0.25) is 0 Å². The van der Waals surface area contributed by atoms with Crippen LogP contribution in [0.5, 0.6) is 5.75 Å². The number of amides is 1. The van der Waals surface area contributed by atoms with Crippen LogP contribution < -0.4 is 15.4 Å². The number of alkyl halides is 3. The summed E-state index contributed by atoms with van der Waals surface area (Å²) in [6.07, 6.45) is -4.66. The maximum absolute atomic E-state index is 12.2. The Morgan fingerprint density at radius 2 is 2.14 bits per heavy atom. The van der Waals surface area contributed by atoms with Crippen molar-refractivity contribution in [3.8, 4) is 5.75 Å². The molecule has 0 aliphatic carbocycles. The molecule has 1 heterocycles. The summed E-state index contributed by atoms with van der Waals surface area (Å²) in [4.78, 5) is 11.9. The van der Waals surface area contributed by atoms with Gasteiger partial charge in [-0.2, -0.15) is 13.2 Å². The fourth-order valence-electron chi connectivity index (χ4n) is 2.17. The molecule has 5 nitrogen and oxygen atoms in total. The maximum Gasteiger partial charge on any atom is 0.422 e. The SMILES string of the molecule is O=C(NCc1ccccc1OCC(F)(F)F)C1CC(O)CN1. The molecular formula is C14H17F3N2O3. The summed E-state index contributed by atoms with van der Waals surface area (Å²) in [5.74, 6) is -0.221. The predicted octanol–water partition coefficient (Wildman–Crippen LogP) is 0.967. The fraction of sp³-hybridized carbons (Fsp3) is 0.500. The van der Waals surface area contributed by atoms with Gasteiger partial charge in [0.1, 0.15) is 5.75 Å². The van der Waals surface area contributed by atoms with E-state index in [0.29, 0.717) is 18.5 Å². The van der Waals surface area contributed by atoms with E-state index in [0.717, 1.165) is 0 Å². The number of carbonyl (C=O) groups is 1. The smallest absolute Gasteiger partial charge is 0.422 e. The molecule has 1 aromatic rings. The number of halogens is 3. The Morgan fingerprint density at radius 3 is 2.77 bits per heavy atom. The first kappa shape index (κ1) is 16.6. The Labute approximate surface area is 125 Å². The van der Waals surface area contributed by atoms with E-state index in [1.165, 1.54) is 6.07 Å². The van der Waals surface area contributed by atoms with Crippen molar-refractivity contribution >= 4 is 5.91 Å². The first-order valence-electron chi connectivity index (χ1n) is 6.82. The van der Waals surface area contributed by atoms with Crippen LogP contribution in [0, 0.1) is 0 Å². The lowest BCUT2D eigenvalue weighted by Crippen LogP contribution is -2.40. The number of hydrogen-bond donors (Lipinski definition) is 3. The molecule has 1 aromatic carbocycles. The molecule has 1 aliphatic heterocycles. The summed E-state index contributed by atoms with van der Waals surface area (Å²) in [7, 11) is 0. The molecule has 1 amide bonds. The molecule has 0 saturated carbocycles. The molecule has 8 heteroatoms. The second-order valence-corrected chi connectivity index (χ2v) is 5.08. The number of aliphatic hydroxyl groups is 1. The number of benzene rings is 1. The minimum atomic E-state index is -4.42. The quantitative estimate of drug-likeness (QED) is 0.756. The van der Waals surface area contributed by atoms with Gasteiger partial charge in [-0.3, -0.25) is 4.79 Å². The van der Waals surface area contributed by atoms with E-state index in [4.69, 9.17) is 4.74 Å². The molecule has 1 fully saturated rings. The van der Waals surface area contributed by atoms with E-state index in [9.17, 15) is 23.1 Å². The normalized spacial score (nSPS) is 21.6. The number of carbonyl (C=O) groups excluding carboxylic acids is 1. The Hall–Kier alpha value is -1.80. The molecule has 1 aliphatic rings. The average molecular weight is 318 g/mol. The van der Waals surface area contributed by atoms with Crippen LogP contribution in [0.15, 0.2) is 24.3 Å². The lowest BCUT2D eigenvalue weighted by molar-refractivity contribution is -0.153. The van der Waals surface area contributed by atoms with Crippen molar-refractivity contribution in [1.82, 2.24) is 10.6 Å². The zero-order valence-corrected chi connectivity index (χ0v) is 11.7. The molecule has 22 heavy (non-hydrogen) atoms. The number of β-amino-alcohol motifs (C(OH)–C–C–N with tert-alkyl or cyclic N) is 1. The van der Waals surface area contributed by atoms with Gasteiger partial charge in [-0.15, -0.1) is 0 Å². The van der Waals surface area contributed by atoms with Crippen LogP contribution in [-0.2, 0) is 11.3 Å². The molecule has 0 radical (unpaired) electrons. The molecule has 0 aromatic heterocycles. The summed E-state index contributed by atoms with van der Waals surface area (Å²) >= 11 is 0. The third-order valence-corrected chi connectivity index (χ3v) is 3.24. The van der Waals surface area contributed by atoms with Gasteiger partial charge < -0.3 is 20.5 Å². The van der Waals surface area contributed by atoms with Gasteiger partial charge in [-0.05, 0) is 12.5 Å². The van der Waals surface area contributed by atoms with Crippen molar-refractivity contribution in [2.45, 2.75) is 31.3 Å². The highest BCUT2D eigenvalue weighted by atomic mass is 19.4. The number of hydrogen-bond acceptors (Lipinski definition) is 4. The van der Waals surface area contributed by atoms with Crippen LogP contribution in [0.1, 0.15) is 12.0 Å². The van der Waals surface area contributed by atoms with Gasteiger partial charge in [-0.1, -0.05) is 18.2 Å². The van der Waals surface area contributed by atoms with Crippen molar-refractivity contribution in [2.24, 2.45) is 0 Å². The number of ether oxygens (including phenoxy) is 1. The highest BCUT2D eigenvalue weighted by Gasteiger charge is 2.29. The molecule has 1 saturated heterocycles. The van der Waals surface area contributed by atoms with E-state index in [-0.39, 0.29) is 18.2 Å². The maximum atomic E-state index is 12.2. The zero-order valence-electron chi connectivity index (χ0n) is 11.7. The first-order valence-corrected chi connectivity index (χ1v) is 6.82. The van der Waals surface area contributed by atoms with Crippen LogP contribution in [0.3, 0.4) is 0 Å². The molecule has 122 valence electrons. The summed E-state index contributed by atoms with van der Waals surface area (Å²) in [5.41, 5.74) is 0.457. The molecule has 2 rings (SSSR count). The molecule has 3 N–H and O–H groups in total. The zero-order chi connectivity index (χ0) is 16.2. The number of rotatable bonds is 5. The van der Waals surface area contributed by atoms with Gasteiger partial charge in [0, 0.05) is 18.7 Å². The Morgan fingerprint density at radius 1 is 1.41 bits per heavy atom. The van der Waals surface area contributed by atoms with Crippen LogP contribution >= 0.6 is 0 Å². The highest BCUT2D eigenvalue weighted by molar-refractivity contribution is 5.82.